The van der Waals surface area contributed by atoms with E-state index in [4.69, 9.17) is 5.11 Å². The van der Waals surface area contributed by atoms with E-state index < -0.39 is 18.0 Å². The van der Waals surface area contributed by atoms with Crippen LogP contribution in [0.3, 0.4) is 0 Å². The first kappa shape index (κ1) is 21.5. The fourth-order valence-electron chi connectivity index (χ4n) is 5.09. The third kappa shape index (κ3) is 3.63. The first-order chi connectivity index (χ1) is 11.7. The highest BCUT2D eigenvalue weighted by molar-refractivity contribution is 5.11. The number of aliphatic hydroxyl groups excluding tert-OH is 1. The third-order valence-electron chi connectivity index (χ3n) is 6.58. The second-order valence-corrected chi connectivity index (χ2v) is 8.13. The van der Waals surface area contributed by atoms with Gasteiger partial charge >= 0.3 is 12.4 Å². The third-order valence-corrected chi connectivity index (χ3v) is 6.58. The van der Waals surface area contributed by atoms with Crippen LogP contribution in [-0.2, 0) is 0 Å². The maximum Gasteiger partial charge on any atom is 0.429 e. The summed E-state index contributed by atoms with van der Waals surface area (Å²) in [7, 11) is 0. The molecule has 5 atom stereocenters. The zero-order chi connectivity index (χ0) is 20.0. The van der Waals surface area contributed by atoms with Gasteiger partial charge in [0, 0.05) is 0 Å². The summed E-state index contributed by atoms with van der Waals surface area (Å²) in [5.74, 6) is 0.115. The van der Waals surface area contributed by atoms with E-state index in [1.165, 1.54) is 0 Å². The average Bonchev–Trinajstić information content (AvgIpc) is 2.83. The summed E-state index contributed by atoms with van der Waals surface area (Å²) in [5, 5.41) is 19.4. The summed E-state index contributed by atoms with van der Waals surface area (Å²) >= 11 is 0. The van der Waals surface area contributed by atoms with Crippen molar-refractivity contribution < 1.29 is 36.6 Å². The van der Waals surface area contributed by atoms with Gasteiger partial charge < -0.3 is 10.2 Å². The van der Waals surface area contributed by atoms with Gasteiger partial charge in [-0.1, -0.05) is 26.3 Å². The first-order valence-corrected chi connectivity index (χ1v) is 8.95. The van der Waals surface area contributed by atoms with Crippen molar-refractivity contribution >= 4 is 0 Å². The lowest BCUT2D eigenvalue weighted by molar-refractivity contribution is -0.347. The number of rotatable bonds is 4. The molecule has 152 valence electrons. The molecule has 0 aliphatic heterocycles. The van der Waals surface area contributed by atoms with E-state index >= 15 is 0 Å². The van der Waals surface area contributed by atoms with Crippen molar-refractivity contribution in [3.63, 3.8) is 0 Å². The van der Waals surface area contributed by atoms with E-state index in [9.17, 15) is 31.4 Å². The summed E-state index contributed by atoms with van der Waals surface area (Å²) in [5.41, 5.74) is -4.97. The predicted molar refractivity (Wildman–Crippen MR) is 84.2 cm³/mol. The Morgan fingerprint density at radius 3 is 2.19 bits per heavy atom. The lowest BCUT2D eigenvalue weighted by atomic mass is 9.61. The number of allylic oxidation sites excluding steroid dienone is 1. The van der Waals surface area contributed by atoms with Crippen molar-refractivity contribution in [1.82, 2.24) is 0 Å². The van der Waals surface area contributed by atoms with Gasteiger partial charge in [-0.25, -0.2) is 0 Å². The standard InChI is InChI=1S/C18H26F6O2/c1-11(5-3-10-16(26,17(19,20)21)18(22,23)24)12-7-8-13-14(25)6-4-9-15(12,13)2/h3,10-14,25-26H,4-9H2,1-2H3/t11?,12-,13+,14+,15-/m1/s1. The second kappa shape index (κ2) is 7.00. The van der Waals surface area contributed by atoms with Crippen LogP contribution in [0, 0.1) is 23.2 Å². The van der Waals surface area contributed by atoms with Crippen LogP contribution in [-0.4, -0.2) is 34.3 Å². The molecule has 0 amide bonds. The molecule has 2 aliphatic carbocycles. The van der Waals surface area contributed by atoms with Crippen molar-refractivity contribution in [2.24, 2.45) is 23.2 Å². The fourth-order valence-corrected chi connectivity index (χ4v) is 5.09. The molecule has 0 aromatic carbocycles. The number of fused-ring (bicyclic) bond motifs is 1. The van der Waals surface area contributed by atoms with E-state index in [-0.39, 0.29) is 41.8 Å². The van der Waals surface area contributed by atoms with E-state index in [1.807, 2.05) is 6.92 Å². The molecule has 0 bridgehead atoms. The van der Waals surface area contributed by atoms with Crippen molar-refractivity contribution in [2.45, 2.75) is 76.4 Å². The number of hydrogen-bond donors (Lipinski definition) is 2. The molecule has 2 saturated carbocycles. The molecule has 0 aromatic rings. The van der Waals surface area contributed by atoms with Crippen LogP contribution < -0.4 is 0 Å². The van der Waals surface area contributed by atoms with Crippen LogP contribution >= 0.6 is 0 Å². The minimum Gasteiger partial charge on any atom is -0.393 e. The topological polar surface area (TPSA) is 40.5 Å². The van der Waals surface area contributed by atoms with E-state index in [2.05, 4.69) is 6.92 Å². The Bertz CT molecular complexity index is 513. The van der Waals surface area contributed by atoms with Gasteiger partial charge in [-0.2, -0.15) is 26.3 Å². The maximum atomic E-state index is 12.7. The second-order valence-electron chi connectivity index (χ2n) is 8.13. The Labute approximate surface area is 149 Å². The molecular weight excluding hydrogens is 362 g/mol. The molecule has 0 aromatic heterocycles. The summed E-state index contributed by atoms with van der Waals surface area (Å²) in [6.07, 6.45) is -7.27. The molecule has 8 heteroatoms. The molecule has 1 unspecified atom stereocenters. The Hall–Kier alpha value is -0.760. The minimum absolute atomic E-state index is 0.0115. The molecule has 2 fully saturated rings. The van der Waals surface area contributed by atoms with Crippen LogP contribution in [0.5, 0.6) is 0 Å². The quantitative estimate of drug-likeness (QED) is 0.526. The lowest BCUT2D eigenvalue weighted by Gasteiger charge is -2.45. The van der Waals surface area contributed by atoms with Gasteiger partial charge in [0.1, 0.15) is 0 Å². The van der Waals surface area contributed by atoms with Crippen molar-refractivity contribution in [3.05, 3.63) is 12.2 Å². The molecule has 2 rings (SSSR count). The zero-order valence-electron chi connectivity index (χ0n) is 14.9. The Morgan fingerprint density at radius 2 is 1.65 bits per heavy atom. The van der Waals surface area contributed by atoms with Crippen molar-refractivity contribution in [2.75, 3.05) is 0 Å². The molecule has 0 radical (unpaired) electrons. The van der Waals surface area contributed by atoms with Crippen LogP contribution in [0.2, 0.25) is 0 Å². The number of alkyl halides is 6. The van der Waals surface area contributed by atoms with Crippen LogP contribution in [0.25, 0.3) is 0 Å². The summed E-state index contributed by atoms with van der Waals surface area (Å²) in [4.78, 5) is 0. The largest absolute Gasteiger partial charge is 0.429 e. The molecule has 0 heterocycles. The summed E-state index contributed by atoms with van der Waals surface area (Å²) < 4.78 is 76.2. The normalized spacial score (nSPS) is 34.9. The Kier molecular flexibility index (Phi) is 5.80. The van der Waals surface area contributed by atoms with Gasteiger partial charge in [-0.3, -0.25) is 0 Å². The summed E-state index contributed by atoms with van der Waals surface area (Å²) in [6.45, 7) is 3.88. The molecule has 0 spiro atoms. The number of hydrogen-bond acceptors (Lipinski definition) is 2. The SMILES string of the molecule is CC(CC=CC(O)(C(F)(F)F)C(F)(F)F)[C@H]1CC[C@H]2[C@@H](O)CCC[C@]12C. The van der Waals surface area contributed by atoms with Gasteiger partial charge in [0.15, 0.2) is 0 Å². The highest BCUT2D eigenvalue weighted by atomic mass is 19.4. The molecule has 2 nitrogen and oxygen atoms in total. The molecule has 26 heavy (non-hydrogen) atoms. The van der Waals surface area contributed by atoms with Gasteiger partial charge in [-0.05, 0) is 61.3 Å². The van der Waals surface area contributed by atoms with Gasteiger partial charge in [0.25, 0.3) is 5.60 Å². The van der Waals surface area contributed by atoms with Crippen LogP contribution in [0.15, 0.2) is 12.2 Å². The van der Waals surface area contributed by atoms with Gasteiger partial charge in [0.2, 0.25) is 0 Å². The van der Waals surface area contributed by atoms with Crippen LogP contribution in [0.4, 0.5) is 26.3 Å². The molecular formula is C18H26F6O2. The monoisotopic (exact) mass is 388 g/mol. The Balaban J connectivity index is 2.10. The van der Waals surface area contributed by atoms with E-state index in [0.717, 1.165) is 38.2 Å². The van der Waals surface area contributed by atoms with Gasteiger partial charge in [-0.15, -0.1) is 0 Å². The average molecular weight is 388 g/mol. The lowest BCUT2D eigenvalue weighted by Crippen LogP contribution is -2.55. The van der Waals surface area contributed by atoms with E-state index in [0.29, 0.717) is 0 Å². The van der Waals surface area contributed by atoms with Crippen LogP contribution in [0.1, 0.15) is 52.4 Å². The fraction of sp³-hybridized carbons (Fsp3) is 0.889. The highest BCUT2D eigenvalue weighted by Gasteiger charge is 2.68. The zero-order valence-corrected chi connectivity index (χ0v) is 14.9. The van der Waals surface area contributed by atoms with E-state index in [1.54, 1.807) is 0 Å². The smallest absolute Gasteiger partial charge is 0.393 e. The summed E-state index contributed by atoms with van der Waals surface area (Å²) in [6, 6.07) is 0. The Morgan fingerprint density at radius 1 is 1.08 bits per heavy atom. The number of aliphatic hydroxyl groups is 2. The molecule has 2 aliphatic rings. The highest BCUT2D eigenvalue weighted by Crippen LogP contribution is 2.58. The molecule has 0 saturated heterocycles. The molecule has 2 N–H and O–H groups in total. The maximum absolute atomic E-state index is 12.7. The van der Waals surface area contributed by atoms with Crippen molar-refractivity contribution in [3.8, 4) is 0 Å². The number of halogens is 6. The minimum atomic E-state index is -5.83. The van der Waals surface area contributed by atoms with Gasteiger partial charge in [0.05, 0.1) is 6.10 Å². The predicted octanol–water partition coefficient (Wildman–Crippen LogP) is 5.00. The first-order valence-electron chi connectivity index (χ1n) is 8.95. The van der Waals surface area contributed by atoms with Crippen molar-refractivity contribution in [1.29, 1.82) is 0 Å².